The van der Waals surface area contributed by atoms with Crippen molar-refractivity contribution in [3.63, 3.8) is 0 Å². The summed E-state index contributed by atoms with van der Waals surface area (Å²) in [7, 11) is 0. The van der Waals surface area contributed by atoms with Gasteiger partial charge in [0, 0.05) is 58.2 Å². The van der Waals surface area contributed by atoms with Crippen LogP contribution in [0.2, 0.25) is 0 Å². The number of hydrogen-bond donors (Lipinski definition) is 0. The molecule has 0 atom stereocenters. The Morgan fingerprint density at radius 1 is 0.333 bits per heavy atom. The summed E-state index contributed by atoms with van der Waals surface area (Å²) in [4.78, 5) is 0. The lowest BCUT2D eigenvalue weighted by Crippen LogP contribution is -2.00. The summed E-state index contributed by atoms with van der Waals surface area (Å²) in [6, 6.07) is 71.7. The molecule has 10 aromatic carbocycles. The third-order valence-electron chi connectivity index (χ3n) is 12.2. The summed E-state index contributed by atoms with van der Waals surface area (Å²) >= 11 is 1.92. The van der Waals surface area contributed by atoms with Gasteiger partial charge in [0.2, 0.25) is 0 Å². The number of hydrogen-bond acceptors (Lipinski definition) is 1. The maximum Gasteiger partial charge on any atom is 0.0656 e. The quantitative estimate of drug-likeness (QED) is 0.160. The zero-order chi connectivity index (χ0) is 37.2. The Morgan fingerprint density at radius 3 is 1.54 bits per heavy atom. The molecule has 0 unspecified atom stereocenters. The summed E-state index contributed by atoms with van der Waals surface area (Å²) in [5.41, 5.74) is 9.85. The molecule has 13 rings (SSSR count). The second-order valence-electron chi connectivity index (χ2n) is 15.1. The van der Waals surface area contributed by atoms with E-state index in [0.717, 1.165) is 5.69 Å². The van der Waals surface area contributed by atoms with Crippen LogP contribution in [0.4, 0.5) is 0 Å². The molecule has 2 nitrogen and oxygen atoms in total. The minimum absolute atomic E-state index is 1.16. The van der Waals surface area contributed by atoms with Crippen LogP contribution in [0, 0.1) is 0 Å². The first-order valence-corrected chi connectivity index (χ1v) is 20.4. The van der Waals surface area contributed by atoms with Crippen LogP contribution < -0.4 is 0 Å². The highest BCUT2D eigenvalue weighted by atomic mass is 32.1. The van der Waals surface area contributed by atoms with E-state index in [1.807, 2.05) is 11.3 Å². The highest BCUT2D eigenvalue weighted by molar-refractivity contribution is 7.27. The average Bonchev–Trinajstić information content (AvgIpc) is 3.94. The van der Waals surface area contributed by atoms with Gasteiger partial charge in [-0.2, -0.15) is 0 Å². The molecule has 0 radical (unpaired) electrons. The number of nitrogens with zero attached hydrogens (tertiary/aromatic N) is 2. The van der Waals surface area contributed by atoms with Gasteiger partial charge in [-0.15, -0.1) is 11.3 Å². The van der Waals surface area contributed by atoms with Gasteiger partial charge < -0.3 is 9.13 Å². The Morgan fingerprint density at radius 2 is 0.825 bits per heavy atom. The first-order chi connectivity index (χ1) is 28.3. The van der Waals surface area contributed by atoms with Crippen LogP contribution in [0.15, 0.2) is 194 Å². The van der Waals surface area contributed by atoms with E-state index in [9.17, 15) is 0 Å². The summed E-state index contributed by atoms with van der Waals surface area (Å²) < 4.78 is 7.79. The van der Waals surface area contributed by atoms with E-state index < -0.39 is 0 Å². The standard InChI is InChI=1S/C54H32N2S/c1-2-19-34(20-3-1)55-44-30-13-11-27-42(44)49-52(55)48-41-26-10-14-31-45(41)56(53(48)50-43-28-12-15-32-46(43)57-54(49)50)51-39-24-8-6-22-37(39)47(38-23-7-9-25-40(38)51)36-29-16-18-33-17-4-5-21-35(33)36/h1-32H. The van der Waals surface area contributed by atoms with E-state index in [2.05, 4.69) is 203 Å². The molecule has 3 aromatic heterocycles. The molecule has 57 heavy (non-hydrogen) atoms. The number of rotatable bonds is 3. The molecule has 0 spiro atoms. The fourth-order valence-electron chi connectivity index (χ4n) is 10.0. The van der Waals surface area contributed by atoms with E-state index in [-0.39, 0.29) is 0 Å². The largest absolute Gasteiger partial charge is 0.308 e. The van der Waals surface area contributed by atoms with Crippen LogP contribution in [0.1, 0.15) is 0 Å². The molecule has 0 fully saturated rings. The third kappa shape index (κ3) is 4.13. The third-order valence-corrected chi connectivity index (χ3v) is 13.4. The van der Waals surface area contributed by atoms with Crippen molar-refractivity contribution in [1.82, 2.24) is 9.13 Å². The SMILES string of the molecule is c1ccc(-n2c3ccccc3c3c4sc5ccccc5c4c4c(c5ccccc5n4-c4c5ccccc5c(-c5cccc6ccccc56)c5ccccc45)c32)cc1. The van der Waals surface area contributed by atoms with E-state index in [0.29, 0.717) is 0 Å². The number of para-hydroxylation sites is 3. The summed E-state index contributed by atoms with van der Waals surface area (Å²) in [5, 5.41) is 15.2. The second kappa shape index (κ2) is 11.7. The highest BCUT2D eigenvalue weighted by Crippen LogP contribution is 2.53. The molecule has 264 valence electrons. The fourth-order valence-corrected chi connectivity index (χ4v) is 11.3. The number of fused-ring (bicyclic) bond motifs is 15. The molecular formula is C54H32N2S. The van der Waals surface area contributed by atoms with Gasteiger partial charge in [0.1, 0.15) is 0 Å². The van der Waals surface area contributed by atoms with Crippen LogP contribution >= 0.6 is 11.3 Å². The number of aromatic nitrogens is 2. The molecule has 0 amide bonds. The van der Waals surface area contributed by atoms with E-state index >= 15 is 0 Å². The fraction of sp³-hybridized carbons (Fsp3) is 0. The van der Waals surface area contributed by atoms with Gasteiger partial charge in [0.15, 0.2) is 0 Å². The molecule has 0 aliphatic heterocycles. The average molecular weight is 741 g/mol. The normalized spacial score (nSPS) is 12.2. The van der Waals surface area contributed by atoms with Gasteiger partial charge in [-0.1, -0.05) is 164 Å². The van der Waals surface area contributed by atoms with Gasteiger partial charge in [0.25, 0.3) is 0 Å². The van der Waals surface area contributed by atoms with Crippen molar-refractivity contribution in [2.45, 2.75) is 0 Å². The maximum atomic E-state index is 2.64. The van der Waals surface area contributed by atoms with E-state index in [1.54, 1.807) is 0 Å². The van der Waals surface area contributed by atoms with E-state index in [4.69, 9.17) is 0 Å². The summed E-state index contributed by atoms with van der Waals surface area (Å²) in [6.07, 6.45) is 0. The summed E-state index contributed by atoms with van der Waals surface area (Å²) in [5.74, 6) is 0. The first-order valence-electron chi connectivity index (χ1n) is 19.6. The van der Waals surface area contributed by atoms with Crippen molar-refractivity contribution in [2.75, 3.05) is 0 Å². The lowest BCUT2D eigenvalue weighted by Gasteiger charge is -2.20. The second-order valence-corrected chi connectivity index (χ2v) is 16.2. The van der Waals surface area contributed by atoms with E-state index in [1.165, 1.54) is 113 Å². The predicted molar refractivity (Wildman–Crippen MR) is 246 cm³/mol. The minimum Gasteiger partial charge on any atom is -0.308 e. The van der Waals surface area contributed by atoms with Crippen molar-refractivity contribution < 1.29 is 0 Å². The Hall–Kier alpha value is -7.20. The van der Waals surface area contributed by atoms with Crippen LogP contribution in [-0.2, 0) is 0 Å². The topological polar surface area (TPSA) is 9.86 Å². The zero-order valence-corrected chi connectivity index (χ0v) is 31.6. The van der Waals surface area contributed by atoms with Crippen LogP contribution in [0.3, 0.4) is 0 Å². The van der Waals surface area contributed by atoms with Gasteiger partial charge in [0.05, 0.1) is 27.8 Å². The van der Waals surface area contributed by atoms with Crippen molar-refractivity contribution >= 4 is 107 Å². The van der Waals surface area contributed by atoms with Gasteiger partial charge >= 0.3 is 0 Å². The number of benzene rings is 10. The minimum atomic E-state index is 1.16. The summed E-state index contributed by atoms with van der Waals surface area (Å²) in [6.45, 7) is 0. The van der Waals surface area contributed by atoms with Crippen LogP contribution in [0.25, 0.3) is 119 Å². The predicted octanol–water partition coefficient (Wildman–Crippen LogP) is 15.4. The van der Waals surface area contributed by atoms with Crippen molar-refractivity contribution in [1.29, 1.82) is 0 Å². The molecule has 3 heteroatoms. The van der Waals surface area contributed by atoms with Crippen molar-refractivity contribution in [3.05, 3.63) is 194 Å². The lowest BCUT2D eigenvalue weighted by molar-refractivity contribution is 1.19. The molecule has 0 N–H and O–H groups in total. The van der Waals surface area contributed by atoms with Crippen LogP contribution in [0.5, 0.6) is 0 Å². The molecular weight excluding hydrogens is 709 g/mol. The molecule has 0 aliphatic carbocycles. The Bertz CT molecular complexity index is 3740. The monoisotopic (exact) mass is 740 g/mol. The van der Waals surface area contributed by atoms with Gasteiger partial charge in [-0.05, 0) is 63.0 Å². The van der Waals surface area contributed by atoms with Crippen LogP contribution in [-0.4, -0.2) is 9.13 Å². The molecule has 0 bridgehead atoms. The Labute approximate surface area is 331 Å². The molecule has 0 saturated heterocycles. The highest BCUT2D eigenvalue weighted by Gasteiger charge is 2.28. The molecule has 13 aromatic rings. The van der Waals surface area contributed by atoms with Gasteiger partial charge in [-0.3, -0.25) is 0 Å². The van der Waals surface area contributed by atoms with Gasteiger partial charge in [-0.25, -0.2) is 0 Å². The number of thiophene rings is 1. The van der Waals surface area contributed by atoms with Crippen molar-refractivity contribution in [2.24, 2.45) is 0 Å². The maximum absolute atomic E-state index is 2.64. The first kappa shape index (κ1) is 31.1. The zero-order valence-electron chi connectivity index (χ0n) is 30.8. The van der Waals surface area contributed by atoms with Crippen molar-refractivity contribution in [3.8, 4) is 22.5 Å². The smallest absolute Gasteiger partial charge is 0.0656 e. The molecule has 0 saturated carbocycles. The lowest BCUT2D eigenvalue weighted by atomic mass is 9.88. The molecule has 3 heterocycles. The molecule has 0 aliphatic rings. The Balaban J connectivity index is 1.32. The Kier molecular flexibility index (Phi) is 6.35.